The molecule has 0 atom stereocenters. The van der Waals surface area contributed by atoms with Gasteiger partial charge >= 0.3 is 15.6 Å². The minimum Gasteiger partial charge on any atom is -0.403 e. The summed E-state index contributed by atoms with van der Waals surface area (Å²) in [5, 5.41) is 0.450. The quantitative estimate of drug-likeness (QED) is 0.123. The second-order valence-corrected chi connectivity index (χ2v) is 12.7. The van der Waals surface area contributed by atoms with Gasteiger partial charge in [0, 0.05) is 34.9 Å². The summed E-state index contributed by atoms with van der Waals surface area (Å²) in [6, 6.07) is 11.3. The molecule has 3 aromatic rings. The van der Waals surface area contributed by atoms with Crippen LogP contribution in [0.2, 0.25) is 10.0 Å². The first kappa shape index (κ1) is 32.3. The van der Waals surface area contributed by atoms with Crippen LogP contribution in [0.15, 0.2) is 42.5 Å². The number of phosphoric ester groups is 2. The van der Waals surface area contributed by atoms with Crippen LogP contribution in [0.3, 0.4) is 0 Å². The molecule has 6 N–H and O–H groups in total. The number of phosphoric acid groups is 2. The van der Waals surface area contributed by atoms with E-state index in [4.69, 9.17) is 38.7 Å². The van der Waals surface area contributed by atoms with E-state index in [9.17, 15) is 23.7 Å². The molecule has 0 fully saturated rings. The maximum atomic E-state index is 13.0. The normalized spacial score (nSPS) is 12.2. The van der Waals surface area contributed by atoms with Gasteiger partial charge in [-0.15, -0.1) is 0 Å². The molecule has 0 aliphatic heterocycles. The van der Waals surface area contributed by atoms with Gasteiger partial charge in [0.05, 0.1) is 17.2 Å². The van der Waals surface area contributed by atoms with Crippen LogP contribution in [0.1, 0.15) is 47.6 Å². The maximum Gasteiger partial charge on any atom is 0.524 e. The number of carbonyl (C=O) groups is 1. The molecule has 0 aliphatic carbocycles. The Morgan fingerprint density at radius 2 is 1.65 bits per heavy atom. The van der Waals surface area contributed by atoms with E-state index in [-0.39, 0.29) is 48.2 Å². The minimum absolute atomic E-state index is 0.0891. The fourth-order valence-electron chi connectivity index (χ4n) is 4.41. The van der Waals surface area contributed by atoms with Crippen LogP contribution in [0.25, 0.3) is 11.1 Å². The highest BCUT2D eigenvalue weighted by molar-refractivity contribution is 7.46. The summed E-state index contributed by atoms with van der Waals surface area (Å²) >= 11 is 12.4. The average Bonchev–Trinajstić information content (AvgIpc) is 3.10. The summed E-state index contributed by atoms with van der Waals surface area (Å²) in [6.45, 7) is 4.00. The van der Waals surface area contributed by atoms with Crippen molar-refractivity contribution in [2.24, 2.45) is 11.7 Å². The SMILES string of the molecule is CC(C)Cc1c(-c2ccc(OP(=O)(O)O)c(Cl)c2)c(C(N)=O)c(Cc2ccc(Cl)cc2)n1CCCOP(=O)(O)O. The van der Waals surface area contributed by atoms with Gasteiger partial charge in [-0.1, -0.05) is 55.2 Å². The van der Waals surface area contributed by atoms with Gasteiger partial charge in [-0.25, -0.2) is 9.13 Å². The van der Waals surface area contributed by atoms with Gasteiger partial charge in [-0.05, 0) is 54.2 Å². The van der Waals surface area contributed by atoms with Crippen molar-refractivity contribution >= 4 is 44.8 Å². The zero-order chi connectivity index (χ0) is 29.8. The Morgan fingerprint density at radius 3 is 2.17 bits per heavy atom. The Hall–Kier alpha value is -2.17. The largest absolute Gasteiger partial charge is 0.524 e. The van der Waals surface area contributed by atoms with Crippen LogP contribution in [-0.4, -0.2) is 36.7 Å². The van der Waals surface area contributed by atoms with Crippen molar-refractivity contribution in [3.05, 3.63) is 75.0 Å². The van der Waals surface area contributed by atoms with E-state index in [0.29, 0.717) is 28.3 Å². The number of amides is 1. The first-order chi connectivity index (χ1) is 18.6. The van der Waals surface area contributed by atoms with Gasteiger partial charge < -0.3 is 24.6 Å². The fourth-order valence-corrected chi connectivity index (χ4v) is 5.59. The molecule has 15 heteroatoms. The molecule has 0 aliphatic rings. The van der Waals surface area contributed by atoms with E-state index >= 15 is 0 Å². The molecule has 3 rings (SSSR count). The van der Waals surface area contributed by atoms with E-state index < -0.39 is 21.6 Å². The predicted octanol–water partition coefficient (Wildman–Crippen LogP) is 5.32. The smallest absolute Gasteiger partial charge is 0.403 e. The summed E-state index contributed by atoms with van der Waals surface area (Å²) < 4.78 is 33.7. The molecule has 1 heterocycles. The fraction of sp³-hybridized carbons (Fsp3) is 0.320. The highest BCUT2D eigenvalue weighted by Crippen LogP contribution is 2.44. The number of primary amides is 1. The Morgan fingerprint density at radius 1 is 1.00 bits per heavy atom. The van der Waals surface area contributed by atoms with Crippen LogP contribution >= 0.6 is 38.8 Å². The van der Waals surface area contributed by atoms with Gasteiger partial charge in [-0.2, -0.15) is 0 Å². The van der Waals surface area contributed by atoms with Crippen molar-refractivity contribution in [2.75, 3.05) is 6.61 Å². The molecule has 11 nitrogen and oxygen atoms in total. The number of hydrogen-bond acceptors (Lipinski definition) is 5. The summed E-state index contributed by atoms with van der Waals surface area (Å²) in [7, 11) is -9.53. The van der Waals surface area contributed by atoms with Crippen molar-refractivity contribution in [1.82, 2.24) is 4.57 Å². The van der Waals surface area contributed by atoms with Crippen molar-refractivity contribution in [2.45, 2.75) is 39.7 Å². The van der Waals surface area contributed by atoms with Crippen molar-refractivity contribution in [1.29, 1.82) is 0 Å². The summed E-state index contributed by atoms with van der Waals surface area (Å²) in [5.74, 6) is -0.823. The molecule has 0 saturated heterocycles. The van der Waals surface area contributed by atoms with E-state index in [0.717, 1.165) is 11.3 Å². The third-order valence-electron chi connectivity index (χ3n) is 5.83. The van der Waals surface area contributed by atoms with E-state index in [1.807, 2.05) is 30.5 Å². The topological polar surface area (TPSA) is 182 Å². The highest BCUT2D eigenvalue weighted by Gasteiger charge is 2.28. The number of nitrogens with two attached hydrogens (primary N) is 1. The van der Waals surface area contributed by atoms with Crippen LogP contribution in [0.4, 0.5) is 0 Å². The Kier molecular flexibility index (Phi) is 10.7. The van der Waals surface area contributed by atoms with Crippen LogP contribution in [0.5, 0.6) is 5.75 Å². The lowest BCUT2D eigenvalue weighted by Crippen LogP contribution is -2.16. The molecule has 1 aromatic heterocycles. The van der Waals surface area contributed by atoms with Crippen LogP contribution < -0.4 is 10.3 Å². The van der Waals surface area contributed by atoms with Crippen LogP contribution in [-0.2, 0) is 33.0 Å². The van der Waals surface area contributed by atoms with E-state index in [1.165, 1.54) is 18.2 Å². The van der Waals surface area contributed by atoms with E-state index in [2.05, 4.69) is 9.05 Å². The molecule has 1 amide bonds. The molecule has 0 unspecified atom stereocenters. The molecule has 2 aromatic carbocycles. The van der Waals surface area contributed by atoms with Crippen molar-refractivity contribution in [3.63, 3.8) is 0 Å². The lowest BCUT2D eigenvalue weighted by atomic mass is 9.94. The molecule has 40 heavy (non-hydrogen) atoms. The zero-order valence-electron chi connectivity index (χ0n) is 21.7. The number of carbonyl (C=O) groups excluding carboxylic acids is 1. The Labute approximate surface area is 241 Å². The van der Waals surface area contributed by atoms with Crippen molar-refractivity contribution in [3.8, 4) is 16.9 Å². The molecule has 0 bridgehead atoms. The number of halogens is 2. The first-order valence-electron chi connectivity index (χ1n) is 12.1. The second kappa shape index (κ2) is 13.2. The standard InChI is InChI=1S/C25H30Cl2N2O9P2/c1-15(2)12-20-23(17-6-9-22(19(27)14-17)38-40(34,35)36)24(25(28)30)21(13-16-4-7-18(26)8-5-16)29(20)10-3-11-37-39(31,32)33/h4-9,14-15H,3,10-13H2,1-2H3,(H2,28,30)(H2,31,32,33)(H2,34,35,36). The van der Waals surface area contributed by atoms with Gasteiger partial charge in [0.15, 0.2) is 0 Å². The Bertz CT molecular complexity index is 1460. The number of nitrogens with zero attached hydrogens (tertiary/aromatic N) is 1. The molecule has 0 radical (unpaired) electrons. The highest BCUT2D eigenvalue weighted by atomic mass is 35.5. The van der Waals surface area contributed by atoms with E-state index in [1.54, 1.807) is 12.1 Å². The lowest BCUT2D eigenvalue weighted by Gasteiger charge is -2.17. The summed E-state index contributed by atoms with van der Waals surface area (Å²) in [5.41, 5.74) is 9.26. The third-order valence-corrected chi connectivity index (χ3v) is 7.34. The molecular formula is C25H30Cl2N2O9P2. The second-order valence-electron chi connectivity index (χ2n) is 9.46. The average molecular weight is 635 g/mol. The summed E-state index contributed by atoms with van der Waals surface area (Å²) in [4.78, 5) is 49.6. The monoisotopic (exact) mass is 634 g/mol. The minimum atomic E-state index is -4.87. The predicted molar refractivity (Wildman–Crippen MR) is 151 cm³/mol. The molecule has 0 spiro atoms. The number of aromatic nitrogens is 1. The maximum absolute atomic E-state index is 13.0. The van der Waals surface area contributed by atoms with Gasteiger partial charge in [0.1, 0.15) is 5.75 Å². The molecule has 218 valence electrons. The number of benzene rings is 2. The number of rotatable bonds is 13. The lowest BCUT2D eigenvalue weighted by molar-refractivity contribution is 0.0999. The van der Waals surface area contributed by atoms with Crippen molar-refractivity contribution < 1.29 is 42.5 Å². The van der Waals surface area contributed by atoms with Gasteiger partial charge in [-0.3, -0.25) is 19.1 Å². The first-order valence-corrected chi connectivity index (χ1v) is 15.9. The Balaban J connectivity index is 2.24. The van der Waals surface area contributed by atoms with Gasteiger partial charge in [0.25, 0.3) is 5.91 Å². The molecular weight excluding hydrogens is 605 g/mol. The summed E-state index contributed by atoms with van der Waals surface area (Å²) in [6.07, 6.45) is 0.993. The van der Waals surface area contributed by atoms with Crippen LogP contribution in [0, 0.1) is 5.92 Å². The zero-order valence-corrected chi connectivity index (χ0v) is 25.0. The molecule has 0 saturated carbocycles. The van der Waals surface area contributed by atoms with Gasteiger partial charge in [0.2, 0.25) is 0 Å². The third kappa shape index (κ3) is 8.91. The number of hydrogen-bond donors (Lipinski definition) is 5.